The highest BCUT2D eigenvalue weighted by Crippen LogP contribution is 2.40. The molecule has 13 heteroatoms. The Morgan fingerprint density at radius 3 is 2.02 bits per heavy atom. The van der Waals surface area contributed by atoms with Crippen LogP contribution in [0.5, 0.6) is 11.5 Å². The highest BCUT2D eigenvalue weighted by Gasteiger charge is 2.31. The molecular formula is C44H50N8O5. The Hall–Kier alpha value is -5.79. The number of nitrogens with zero attached hydrogens (tertiary/aromatic N) is 8. The van der Waals surface area contributed by atoms with Crippen LogP contribution in [0, 0.1) is 6.92 Å². The number of ether oxygens (including phenoxy) is 4. The highest BCUT2D eigenvalue weighted by molar-refractivity contribution is 5.95. The maximum atomic E-state index is 13.6. The van der Waals surface area contributed by atoms with Gasteiger partial charge in [-0.2, -0.15) is 4.98 Å². The van der Waals surface area contributed by atoms with Crippen molar-refractivity contribution in [3.63, 3.8) is 0 Å². The van der Waals surface area contributed by atoms with Crippen LogP contribution in [0.4, 0.5) is 23.4 Å². The summed E-state index contributed by atoms with van der Waals surface area (Å²) >= 11 is 0. The first kappa shape index (κ1) is 38.1. The fourth-order valence-electron chi connectivity index (χ4n) is 7.95. The van der Waals surface area contributed by atoms with Crippen LogP contribution >= 0.6 is 0 Å². The first-order chi connectivity index (χ1) is 27.8. The number of hydrogen-bond donors (Lipinski definition) is 0. The predicted octanol–water partition coefficient (Wildman–Crippen LogP) is 6.25. The summed E-state index contributed by atoms with van der Waals surface area (Å²) in [5, 5.41) is 0. The third-order valence-corrected chi connectivity index (χ3v) is 10.8. The Morgan fingerprint density at radius 1 is 0.825 bits per heavy atom. The maximum Gasteiger partial charge on any atom is 0.254 e. The number of methoxy groups -OCH3 is 2. The van der Waals surface area contributed by atoms with Gasteiger partial charge >= 0.3 is 0 Å². The van der Waals surface area contributed by atoms with Gasteiger partial charge in [0.1, 0.15) is 17.3 Å². The third kappa shape index (κ3) is 8.35. The van der Waals surface area contributed by atoms with Crippen molar-refractivity contribution in [2.75, 3.05) is 74.9 Å². The molecule has 0 spiro atoms. The second-order valence-corrected chi connectivity index (χ2v) is 15.0. The van der Waals surface area contributed by atoms with Gasteiger partial charge in [-0.1, -0.05) is 24.3 Å². The molecule has 8 rings (SSSR count). The molecule has 3 aliphatic rings. The van der Waals surface area contributed by atoms with Gasteiger partial charge in [0.05, 0.1) is 45.3 Å². The molecular weight excluding hydrogens is 721 g/mol. The number of carbonyl (C=O) groups is 1. The Labute approximate surface area is 334 Å². The molecule has 0 N–H and O–H groups in total. The molecule has 0 aliphatic carbocycles. The van der Waals surface area contributed by atoms with Crippen molar-refractivity contribution in [3.8, 4) is 22.8 Å². The predicted molar refractivity (Wildman–Crippen MR) is 220 cm³/mol. The van der Waals surface area contributed by atoms with Crippen molar-refractivity contribution in [1.29, 1.82) is 0 Å². The first-order valence-corrected chi connectivity index (χ1v) is 19.7. The zero-order chi connectivity index (χ0) is 39.5. The van der Waals surface area contributed by atoms with Crippen molar-refractivity contribution in [3.05, 3.63) is 107 Å². The molecule has 2 aromatic heterocycles. The number of rotatable bonds is 11. The van der Waals surface area contributed by atoms with Crippen LogP contribution in [0.3, 0.4) is 0 Å². The average Bonchev–Trinajstić information content (AvgIpc) is 3.67. The minimum atomic E-state index is 0.00738. The number of aryl methyl sites for hydroxylation is 1. The van der Waals surface area contributed by atoms with Crippen LogP contribution in [0.1, 0.15) is 46.5 Å². The molecule has 2 fully saturated rings. The SMILES string of the molecule is COc1ccc(CN(Cc2ccc(OC)cc2)c2ncc(-c3nc(N4CCOCC4)nc4c3CCN4c3ccc(C(=O)N4C[C@@H](C)O[C@@H](C)C4)cc3C)cn2)cc1. The number of benzene rings is 3. The number of anilines is 4. The molecule has 3 aromatic carbocycles. The second kappa shape index (κ2) is 16.7. The minimum Gasteiger partial charge on any atom is -0.497 e. The molecule has 2 saturated heterocycles. The van der Waals surface area contributed by atoms with Gasteiger partial charge in [-0.25, -0.2) is 15.0 Å². The molecule has 0 saturated carbocycles. The van der Waals surface area contributed by atoms with Crippen LogP contribution in [-0.4, -0.2) is 103 Å². The first-order valence-electron chi connectivity index (χ1n) is 19.7. The fourth-order valence-corrected chi connectivity index (χ4v) is 7.95. The van der Waals surface area contributed by atoms with Gasteiger partial charge in [-0.15, -0.1) is 0 Å². The molecule has 1 amide bonds. The number of fused-ring (bicyclic) bond motifs is 1. The Kier molecular flexibility index (Phi) is 11.2. The van der Waals surface area contributed by atoms with E-state index in [1.807, 2.05) is 67.5 Å². The van der Waals surface area contributed by atoms with E-state index >= 15 is 0 Å². The van der Waals surface area contributed by atoms with Gasteiger partial charge in [-0.3, -0.25) is 4.79 Å². The van der Waals surface area contributed by atoms with Crippen LogP contribution < -0.4 is 24.2 Å². The Bertz CT molecular complexity index is 2120. The molecule has 2 atom stereocenters. The van der Waals surface area contributed by atoms with Gasteiger partial charge < -0.3 is 38.5 Å². The number of hydrogen-bond acceptors (Lipinski definition) is 12. The molecule has 0 bridgehead atoms. The topological polar surface area (TPSA) is 119 Å². The summed E-state index contributed by atoms with van der Waals surface area (Å²) in [7, 11) is 3.34. The molecule has 0 unspecified atom stereocenters. The van der Waals surface area contributed by atoms with Crippen molar-refractivity contribution >= 4 is 29.3 Å². The molecule has 13 nitrogen and oxygen atoms in total. The Morgan fingerprint density at radius 2 is 1.44 bits per heavy atom. The summed E-state index contributed by atoms with van der Waals surface area (Å²) in [4.78, 5) is 42.4. The van der Waals surface area contributed by atoms with E-state index in [9.17, 15) is 4.79 Å². The lowest BCUT2D eigenvalue weighted by Crippen LogP contribution is -2.48. The normalized spacial score (nSPS) is 18.0. The van der Waals surface area contributed by atoms with Crippen molar-refractivity contribution in [2.45, 2.75) is 52.5 Å². The minimum absolute atomic E-state index is 0.00738. The number of amides is 1. The standard InChI is InChI=1S/C44H50N8O5/c1-29-22-34(42(53)50-25-30(2)57-31(3)26-50)10-15-39(29)52-17-16-38-40(47-44(48-41(38)52)49-18-20-56-21-19-49)35-23-45-43(46-24-35)51(27-32-6-11-36(54-4)12-7-32)28-33-8-13-37(55-5)14-9-33/h6-15,22-24,30-31H,16-21,25-28H2,1-5H3/t30-,31+. The number of carbonyl (C=O) groups excluding carboxylic acids is 1. The lowest BCUT2D eigenvalue weighted by atomic mass is 10.1. The molecule has 3 aliphatic heterocycles. The van der Waals surface area contributed by atoms with Crippen LogP contribution in [0.25, 0.3) is 11.3 Å². The van der Waals surface area contributed by atoms with E-state index in [2.05, 4.69) is 52.0 Å². The van der Waals surface area contributed by atoms with Gasteiger partial charge in [0.2, 0.25) is 11.9 Å². The monoisotopic (exact) mass is 770 g/mol. The highest BCUT2D eigenvalue weighted by atomic mass is 16.5. The summed E-state index contributed by atoms with van der Waals surface area (Å²) < 4.78 is 22.4. The zero-order valence-electron chi connectivity index (χ0n) is 33.4. The third-order valence-electron chi connectivity index (χ3n) is 10.8. The average molecular weight is 771 g/mol. The van der Waals surface area contributed by atoms with Crippen LogP contribution in [-0.2, 0) is 29.0 Å². The van der Waals surface area contributed by atoms with E-state index < -0.39 is 0 Å². The number of aromatic nitrogens is 4. The van der Waals surface area contributed by atoms with E-state index in [0.29, 0.717) is 69.9 Å². The summed E-state index contributed by atoms with van der Waals surface area (Å²) in [6.07, 6.45) is 4.52. The molecule has 5 heterocycles. The quantitative estimate of drug-likeness (QED) is 0.151. The lowest BCUT2D eigenvalue weighted by Gasteiger charge is -2.35. The molecule has 0 radical (unpaired) electrons. The van der Waals surface area contributed by atoms with E-state index in [1.165, 1.54) is 0 Å². The smallest absolute Gasteiger partial charge is 0.254 e. The summed E-state index contributed by atoms with van der Waals surface area (Å²) in [5.74, 6) is 3.78. The van der Waals surface area contributed by atoms with E-state index in [0.717, 1.165) is 69.5 Å². The van der Waals surface area contributed by atoms with Gasteiger partial charge in [0, 0.05) is 80.6 Å². The second-order valence-electron chi connectivity index (χ2n) is 15.0. The fraction of sp³-hybridized carbons (Fsp3) is 0.386. The van der Waals surface area contributed by atoms with E-state index in [4.69, 9.17) is 38.9 Å². The van der Waals surface area contributed by atoms with Crippen molar-refractivity contribution in [1.82, 2.24) is 24.8 Å². The van der Waals surface area contributed by atoms with Gasteiger partial charge in [0.15, 0.2) is 0 Å². The molecule has 5 aromatic rings. The molecule has 57 heavy (non-hydrogen) atoms. The summed E-state index contributed by atoms with van der Waals surface area (Å²) in [5.41, 5.74) is 7.63. The van der Waals surface area contributed by atoms with Crippen LogP contribution in [0.2, 0.25) is 0 Å². The lowest BCUT2D eigenvalue weighted by molar-refractivity contribution is -0.0586. The zero-order valence-corrected chi connectivity index (χ0v) is 33.4. The molecule has 296 valence electrons. The van der Waals surface area contributed by atoms with E-state index in [1.54, 1.807) is 14.2 Å². The summed E-state index contributed by atoms with van der Waals surface area (Å²) in [6.45, 7) is 11.8. The van der Waals surface area contributed by atoms with E-state index in [-0.39, 0.29) is 18.1 Å². The van der Waals surface area contributed by atoms with Gasteiger partial charge in [-0.05, 0) is 86.3 Å². The number of morpholine rings is 2. The largest absolute Gasteiger partial charge is 0.497 e. The Balaban J connectivity index is 1.11. The van der Waals surface area contributed by atoms with Crippen molar-refractivity contribution < 1.29 is 23.7 Å². The van der Waals surface area contributed by atoms with Crippen molar-refractivity contribution in [2.24, 2.45) is 0 Å². The van der Waals surface area contributed by atoms with Crippen LogP contribution in [0.15, 0.2) is 79.1 Å². The van der Waals surface area contributed by atoms with Gasteiger partial charge in [0.25, 0.3) is 5.91 Å². The summed E-state index contributed by atoms with van der Waals surface area (Å²) in [6, 6.07) is 22.1. The maximum absolute atomic E-state index is 13.6.